The quantitative estimate of drug-likeness (QED) is 0.613. The minimum Gasteiger partial charge on any atom is -0.511 e. The highest BCUT2D eigenvalue weighted by Crippen LogP contribution is 2.18. The summed E-state index contributed by atoms with van der Waals surface area (Å²) >= 11 is 0. The summed E-state index contributed by atoms with van der Waals surface area (Å²) in [7, 11) is 0. The molecule has 2 rings (SSSR count). The molecule has 1 aliphatic carbocycles. The topological polar surface area (TPSA) is 61.7 Å². The van der Waals surface area contributed by atoms with Gasteiger partial charge < -0.3 is 10.5 Å². The second-order valence-corrected chi connectivity index (χ2v) is 3.86. The third kappa shape index (κ3) is 2.93. The van der Waals surface area contributed by atoms with Gasteiger partial charge in [-0.1, -0.05) is 30.3 Å². The summed E-state index contributed by atoms with van der Waals surface area (Å²) in [5, 5.41) is 13.4. The molecule has 0 atom stereocenters. The lowest BCUT2D eigenvalue weighted by atomic mass is 10.2. The minimum atomic E-state index is -0.0484. The van der Waals surface area contributed by atoms with Crippen molar-refractivity contribution < 1.29 is 9.90 Å². The first-order valence-corrected chi connectivity index (χ1v) is 5.52. The summed E-state index contributed by atoms with van der Waals surface area (Å²) in [6, 6.07) is 9.83. The molecule has 0 radical (unpaired) electrons. The van der Waals surface area contributed by atoms with Gasteiger partial charge in [-0.05, 0) is 5.56 Å². The lowest BCUT2D eigenvalue weighted by Gasteiger charge is -2.00. The predicted octanol–water partition coefficient (Wildman–Crippen LogP) is 1.94. The Morgan fingerprint density at radius 2 is 2.06 bits per heavy atom. The van der Waals surface area contributed by atoms with Crippen LogP contribution in [0.5, 0.6) is 0 Å². The molecule has 0 spiro atoms. The first-order chi connectivity index (χ1) is 8.27. The molecule has 0 saturated carbocycles. The molecule has 88 valence electrons. The van der Waals surface area contributed by atoms with Crippen molar-refractivity contribution in [3.8, 4) is 0 Å². The van der Waals surface area contributed by atoms with E-state index in [9.17, 15) is 9.90 Å². The normalized spacial score (nSPS) is 15.9. The standard InChI is InChI=1S/C13H14N2O2/c16-12-6-7-13(17)11(12)9-15-14-8-10-4-2-1-3-5-10/h1-5,9,14,16H,6-8H2/b15-9+. The van der Waals surface area contributed by atoms with Crippen molar-refractivity contribution in [3.05, 3.63) is 47.2 Å². The van der Waals surface area contributed by atoms with E-state index in [4.69, 9.17) is 0 Å². The number of Topliss-reactive ketones (excluding diaryl/α,β-unsaturated/α-hetero) is 1. The van der Waals surface area contributed by atoms with Gasteiger partial charge in [0.15, 0.2) is 5.78 Å². The van der Waals surface area contributed by atoms with Crippen LogP contribution >= 0.6 is 0 Å². The Morgan fingerprint density at radius 3 is 2.71 bits per heavy atom. The number of benzene rings is 1. The molecular weight excluding hydrogens is 216 g/mol. The van der Waals surface area contributed by atoms with E-state index >= 15 is 0 Å². The maximum Gasteiger partial charge on any atom is 0.168 e. The highest BCUT2D eigenvalue weighted by Gasteiger charge is 2.20. The lowest BCUT2D eigenvalue weighted by molar-refractivity contribution is -0.114. The van der Waals surface area contributed by atoms with Crippen molar-refractivity contribution in [2.75, 3.05) is 0 Å². The van der Waals surface area contributed by atoms with Gasteiger partial charge in [-0.3, -0.25) is 4.79 Å². The summed E-state index contributed by atoms with van der Waals surface area (Å²) in [6.07, 6.45) is 2.21. The zero-order chi connectivity index (χ0) is 12.1. The summed E-state index contributed by atoms with van der Waals surface area (Å²) in [6.45, 7) is 0.597. The highest BCUT2D eigenvalue weighted by atomic mass is 16.3. The van der Waals surface area contributed by atoms with Crippen molar-refractivity contribution in [2.45, 2.75) is 19.4 Å². The van der Waals surface area contributed by atoms with Crippen LogP contribution in [0.2, 0.25) is 0 Å². The van der Waals surface area contributed by atoms with Crippen molar-refractivity contribution in [1.29, 1.82) is 0 Å². The summed E-state index contributed by atoms with van der Waals surface area (Å²) in [4.78, 5) is 11.3. The number of allylic oxidation sites excluding steroid dienone is 2. The van der Waals surface area contributed by atoms with E-state index in [1.165, 1.54) is 6.21 Å². The number of nitrogens with zero attached hydrogens (tertiary/aromatic N) is 1. The SMILES string of the molecule is O=C1CCC(O)=C1/C=N/NCc1ccccc1. The maximum atomic E-state index is 11.3. The summed E-state index contributed by atoms with van der Waals surface area (Å²) in [5.74, 6) is 0.0908. The van der Waals surface area contributed by atoms with Crippen LogP contribution in [0.25, 0.3) is 0 Å². The van der Waals surface area contributed by atoms with Crippen molar-refractivity contribution in [2.24, 2.45) is 5.10 Å². The zero-order valence-electron chi connectivity index (χ0n) is 9.39. The van der Waals surface area contributed by atoms with Gasteiger partial charge in [-0.25, -0.2) is 0 Å². The molecular formula is C13H14N2O2. The maximum absolute atomic E-state index is 11.3. The molecule has 0 aromatic heterocycles. The Balaban J connectivity index is 1.87. The van der Waals surface area contributed by atoms with Gasteiger partial charge >= 0.3 is 0 Å². The number of hydrazone groups is 1. The van der Waals surface area contributed by atoms with Crippen molar-refractivity contribution in [3.63, 3.8) is 0 Å². The Morgan fingerprint density at radius 1 is 1.29 bits per heavy atom. The number of aliphatic hydroxyl groups is 1. The van der Waals surface area contributed by atoms with Gasteiger partial charge in [-0.2, -0.15) is 5.10 Å². The fourth-order valence-electron chi connectivity index (χ4n) is 1.65. The van der Waals surface area contributed by atoms with E-state index in [0.29, 0.717) is 25.0 Å². The smallest absolute Gasteiger partial charge is 0.168 e. The number of hydrogen-bond acceptors (Lipinski definition) is 4. The van der Waals surface area contributed by atoms with Crippen LogP contribution in [-0.2, 0) is 11.3 Å². The number of nitrogens with one attached hydrogen (secondary N) is 1. The molecule has 0 heterocycles. The average Bonchev–Trinajstić information content (AvgIpc) is 2.67. The van der Waals surface area contributed by atoms with Crippen LogP contribution in [0.4, 0.5) is 0 Å². The minimum absolute atomic E-state index is 0.0484. The molecule has 0 saturated heterocycles. The largest absolute Gasteiger partial charge is 0.511 e. The summed E-state index contributed by atoms with van der Waals surface area (Å²) < 4.78 is 0. The molecule has 1 aromatic carbocycles. The van der Waals surface area contributed by atoms with Gasteiger partial charge in [0, 0.05) is 12.8 Å². The number of aliphatic hydroxyl groups excluding tert-OH is 1. The van der Waals surface area contributed by atoms with E-state index in [2.05, 4.69) is 10.5 Å². The molecule has 17 heavy (non-hydrogen) atoms. The van der Waals surface area contributed by atoms with Gasteiger partial charge in [0.25, 0.3) is 0 Å². The van der Waals surface area contributed by atoms with Crippen molar-refractivity contribution in [1.82, 2.24) is 5.43 Å². The first kappa shape index (κ1) is 11.4. The summed E-state index contributed by atoms with van der Waals surface area (Å²) in [5.41, 5.74) is 4.28. The van der Waals surface area contributed by atoms with E-state index in [1.54, 1.807) is 0 Å². The second-order valence-electron chi connectivity index (χ2n) is 3.86. The highest BCUT2D eigenvalue weighted by molar-refractivity contribution is 6.15. The Bertz CT molecular complexity index is 464. The Labute approximate surface area is 99.7 Å². The molecule has 4 heteroatoms. The third-order valence-corrected chi connectivity index (χ3v) is 2.61. The Kier molecular flexibility index (Phi) is 3.55. The third-order valence-electron chi connectivity index (χ3n) is 2.61. The molecule has 4 nitrogen and oxygen atoms in total. The average molecular weight is 230 g/mol. The van der Waals surface area contributed by atoms with Crippen LogP contribution < -0.4 is 5.43 Å². The molecule has 0 aliphatic heterocycles. The first-order valence-electron chi connectivity index (χ1n) is 5.52. The lowest BCUT2D eigenvalue weighted by Crippen LogP contribution is -2.07. The molecule has 0 unspecified atom stereocenters. The number of carbonyl (C=O) groups excluding carboxylic acids is 1. The van der Waals surface area contributed by atoms with E-state index in [1.807, 2.05) is 30.3 Å². The number of rotatable bonds is 4. The molecule has 1 aliphatic rings. The fourth-order valence-corrected chi connectivity index (χ4v) is 1.65. The van der Waals surface area contributed by atoms with Crippen LogP contribution in [0.3, 0.4) is 0 Å². The molecule has 0 amide bonds. The predicted molar refractivity (Wildman–Crippen MR) is 65.7 cm³/mol. The monoisotopic (exact) mass is 230 g/mol. The van der Waals surface area contributed by atoms with E-state index < -0.39 is 0 Å². The molecule has 2 N–H and O–H groups in total. The second kappa shape index (κ2) is 5.30. The zero-order valence-corrected chi connectivity index (χ0v) is 9.39. The van der Waals surface area contributed by atoms with Crippen LogP contribution in [0.15, 0.2) is 46.8 Å². The van der Waals surface area contributed by atoms with Gasteiger partial charge in [0.1, 0.15) is 5.76 Å². The molecule has 0 bridgehead atoms. The Hall–Kier alpha value is -2.10. The molecule has 1 aromatic rings. The van der Waals surface area contributed by atoms with Crippen LogP contribution in [0, 0.1) is 0 Å². The molecule has 0 fully saturated rings. The number of hydrogen-bond donors (Lipinski definition) is 2. The van der Waals surface area contributed by atoms with E-state index in [0.717, 1.165) is 5.56 Å². The fraction of sp³-hybridized carbons (Fsp3) is 0.231. The number of carbonyl (C=O) groups is 1. The van der Waals surface area contributed by atoms with Gasteiger partial charge in [0.2, 0.25) is 0 Å². The van der Waals surface area contributed by atoms with Crippen LogP contribution in [0.1, 0.15) is 18.4 Å². The number of ketones is 1. The van der Waals surface area contributed by atoms with Gasteiger partial charge in [0.05, 0.1) is 18.3 Å². The van der Waals surface area contributed by atoms with Gasteiger partial charge in [-0.15, -0.1) is 0 Å². The van der Waals surface area contributed by atoms with Crippen molar-refractivity contribution >= 4 is 12.0 Å². The van der Waals surface area contributed by atoms with E-state index in [-0.39, 0.29) is 11.5 Å². The van der Waals surface area contributed by atoms with Crippen LogP contribution in [-0.4, -0.2) is 17.1 Å².